The molecule has 0 spiro atoms. The highest BCUT2D eigenvalue weighted by Crippen LogP contribution is 2.45. The number of carbonyl (C=O) groups is 1. The second-order valence-corrected chi connectivity index (χ2v) is 6.71. The third kappa shape index (κ3) is 3.57. The first-order chi connectivity index (χ1) is 12.6. The first kappa shape index (κ1) is 18.7. The van der Waals surface area contributed by atoms with Crippen LogP contribution in [0.3, 0.4) is 0 Å². The van der Waals surface area contributed by atoms with Crippen LogP contribution < -0.4 is 4.74 Å². The van der Waals surface area contributed by atoms with Gasteiger partial charge in [0.1, 0.15) is 5.75 Å². The fraction of sp³-hybridized carbons (Fsp3) is 0.300. The van der Waals surface area contributed by atoms with E-state index in [1.807, 2.05) is 18.2 Å². The number of benzene rings is 1. The van der Waals surface area contributed by atoms with E-state index in [-0.39, 0.29) is 12.3 Å². The van der Waals surface area contributed by atoms with Crippen molar-refractivity contribution in [3.63, 3.8) is 0 Å². The molecule has 0 fully saturated rings. The molecule has 0 saturated carbocycles. The summed E-state index contributed by atoms with van der Waals surface area (Å²) in [5, 5.41) is 0.967. The van der Waals surface area contributed by atoms with Gasteiger partial charge in [-0.25, -0.2) is 9.78 Å². The number of esters is 1. The third-order valence-electron chi connectivity index (χ3n) is 4.39. The van der Waals surface area contributed by atoms with E-state index in [1.165, 1.54) is 0 Å². The molecular weight excluding hydrogens is 373 g/mol. The highest BCUT2D eigenvalue weighted by molar-refractivity contribution is 6.35. The molecule has 1 aliphatic rings. The standard InChI is InChI=1S/C20H19Cl2NO3/c1-3-26-20(24)19-18(22)15(9-10-23-19)13-5-4-6-14(13)16-11-12(21)7-8-17(16)25-2/h7-11H,3-6H2,1-2H3. The summed E-state index contributed by atoms with van der Waals surface area (Å²) in [6.45, 7) is 2.02. The van der Waals surface area contributed by atoms with Crippen LogP contribution in [0.25, 0.3) is 11.1 Å². The summed E-state index contributed by atoms with van der Waals surface area (Å²) in [5.74, 6) is 0.249. The maximum Gasteiger partial charge on any atom is 0.358 e. The number of hydrogen-bond donors (Lipinski definition) is 0. The Morgan fingerprint density at radius 3 is 2.58 bits per heavy atom. The summed E-state index contributed by atoms with van der Waals surface area (Å²) in [6.07, 6.45) is 4.33. The second-order valence-electron chi connectivity index (χ2n) is 5.90. The Kier molecular flexibility index (Phi) is 5.84. The Balaban J connectivity index is 2.14. The van der Waals surface area contributed by atoms with Crippen LogP contribution in [-0.4, -0.2) is 24.7 Å². The first-order valence-electron chi connectivity index (χ1n) is 8.44. The van der Waals surface area contributed by atoms with Crippen molar-refractivity contribution in [1.29, 1.82) is 0 Å². The fourth-order valence-electron chi connectivity index (χ4n) is 3.27. The molecule has 1 aromatic heterocycles. The summed E-state index contributed by atoms with van der Waals surface area (Å²) in [4.78, 5) is 16.2. The van der Waals surface area contributed by atoms with Crippen molar-refractivity contribution in [1.82, 2.24) is 4.98 Å². The van der Waals surface area contributed by atoms with Crippen LogP contribution >= 0.6 is 23.2 Å². The van der Waals surface area contributed by atoms with E-state index >= 15 is 0 Å². The smallest absolute Gasteiger partial charge is 0.358 e. The zero-order valence-corrected chi connectivity index (χ0v) is 16.2. The Labute approximate surface area is 162 Å². The van der Waals surface area contributed by atoms with Crippen molar-refractivity contribution in [2.45, 2.75) is 26.2 Å². The Morgan fingerprint density at radius 2 is 1.88 bits per heavy atom. The highest BCUT2D eigenvalue weighted by Gasteiger charge is 2.25. The lowest BCUT2D eigenvalue weighted by molar-refractivity contribution is 0.0519. The topological polar surface area (TPSA) is 48.4 Å². The van der Waals surface area contributed by atoms with Crippen molar-refractivity contribution in [2.75, 3.05) is 13.7 Å². The number of pyridine rings is 1. The summed E-state index contributed by atoms with van der Waals surface area (Å²) < 4.78 is 10.6. The van der Waals surface area contributed by atoms with Crippen LogP contribution in [-0.2, 0) is 4.74 Å². The van der Waals surface area contributed by atoms with Gasteiger partial charge in [0.2, 0.25) is 0 Å². The largest absolute Gasteiger partial charge is 0.496 e. The zero-order chi connectivity index (χ0) is 18.7. The lowest BCUT2D eigenvalue weighted by Gasteiger charge is -2.14. The van der Waals surface area contributed by atoms with Gasteiger partial charge in [0.05, 0.1) is 18.7 Å². The number of aromatic nitrogens is 1. The van der Waals surface area contributed by atoms with E-state index in [0.29, 0.717) is 10.0 Å². The van der Waals surface area contributed by atoms with Crippen molar-refractivity contribution in [2.24, 2.45) is 0 Å². The first-order valence-corrected chi connectivity index (χ1v) is 9.20. The quantitative estimate of drug-likeness (QED) is 0.616. The molecular formula is C20H19Cl2NO3. The van der Waals surface area contributed by atoms with Crippen molar-refractivity contribution >= 4 is 40.3 Å². The number of allylic oxidation sites excluding steroid dienone is 2. The van der Waals surface area contributed by atoms with Gasteiger partial charge in [-0.1, -0.05) is 23.2 Å². The molecule has 0 atom stereocenters. The molecule has 2 aromatic rings. The number of rotatable bonds is 5. The minimum Gasteiger partial charge on any atom is -0.496 e. The van der Waals surface area contributed by atoms with Crippen LogP contribution in [0.1, 0.15) is 47.8 Å². The van der Waals surface area contributed by atoms with Crippen LogP contribution in [0, 0.1) is 0 Å². The highest BCUT2D eigenvalue weighted by atomic mass is 35.5. The van der Waals surface area contributed by atoms with Crippen LogP contribution in [0.5, 0.6) is 5.75 Å². The van der Waals surface area contributed by atoms with E-state index in [9.17, 15) is 4.79 Å². The number of carbonyl (C=O) groups excluding carboxylic acids is 1. The fourth-order valence-corrected chi connectivity index (χ4v) is 3.75. The van der Waals surface area contributed by atoms with E-state index in [0.717, 1.165) is 47.3 Å². The summed E-state index contributed by atoms with van der Waals surface area (Å²) in [7, 11) is 1.64. The van der Waals surface area contributed by atoms with Gasteiger partial charge < -0.3 is 9.47 Å². The molecule has 1 aromatic carbocycles. The Bertz CT molecular complexity index is 877. The molecule has 0 radical (unpaired) electrons. The van der Waals surface area contributed by atoms with Crippen molar-refractivity contribution in [3.05, 3.63) is 57.3 Å². The molecule has 4 nitrogen and oxygen atoms in total. The molecule has 6 heteroatoms. The van der Waals surface area contributed by atoms with Crippen LogP contribution in [0.4, 0.5) is 0 Å². The van der Waals surface area contributed by atoms with Gasteiger partial charge in [0.15, 0.2) is 5.69 Å². The van der Waals surface area contributed by atoms with E-state index in [2.05, 4.69) is 4.98 Å². The van der Waals surface area contributed by atoms with E-state index in [1.54, 1.807) is 26.3 Å². The van der Waals surface area contributed by atoms with Crippen LogP contribution in [0.15, 0.2) is 30.5 Å². The van der Waals surface area contributed by atoms with Gasteiger partial charge in [-0.15, -0.1) is 0 Å². The molecule has 3 rings (SSSR count). The maximum atomic E-state index is 12.1. The van der Waals surface area contributed by atoms with Gasteiger partial charge in [-0.05, 0) is 61.6 Å². The molecule has 0 saturated heterocycles. The summed E-state index contributed by atoms with van der Waals surface area (Å²) in [6, 6.07) is 7.40. The van der Waals surface area contributed by atoms with Crippen molar-refractivity contribution < 1.29 is 14.3 Å². The predicted octanol–water partition coefficient (Wildman–Crippen LogP) is 5.67. The lowest BCUT2D eigenvalue weighted by Crippen LogP contribution is -2.09. The molecule has 0 amide bonds. The normalized spacial score (nSPS) is 13.8. The van der Waals surface area contributed by atoms with Crippen LogP contribution in [0.2, 0.25) is 10.0 Å². The third-order valence-corrected chi connectivity index (χ3v) is 5.01. The lowest BCUT2D eigenvalue weighted by atomic mass is 9.96. The minimum absolute atomic E-state index is 0.142. The zero-order valence-electron chi connectivity index (χ0n) is 14.6. The van der Waals surface area contributed by atoms with E-state index < -0.39 is 5.97 Å². The molecule has 136 valence electrons. The number of hydrogen-bond acceptors (Lipinski definition) is 4. The monoisotopic (exact) mass is 391 g/mol. The summed E-state index contributed by atoms with van der Waals surface area (Å²) in [5.41, 5.74) is 4.12. The maximum absolute atomic E-state index is 12.1. The molecule has 0 unspecified atom stereocenters. The number of methoxy groups -OCH3 is 1. The Hall–Kier alpha value is -2.04. The Morgan fingerprint density at radius 1 is 1.15 bits per heavy atom. The average Bonchev–Trinajstić information content (AvgIpc) is 3.11. The van der Waals surface area contributed by atoms with Gasteiger partial charge in [0, 0.05) is 22.3 Å². The molecule has 0 N–H and O–H groups in total. The van der Waals surface area contributed by atoms with Gasteiger partial charge in [-0.3, -0.25) is 0 Å². The average molecular weight is 392 g/mol. The molecule has 0 aliphatic heterocycles. The molecule has 0 bridgehead atoms. The number of ether oxygens (including phenoxy) is 2. The SMILES string of the molecule is CCOC(=O)c1nccc(C2=C(c3cc(Cl)ccc3OC)CCC2)c1Cl. The molecule has 1 heterocycles. The molecule has 1 aliphatic carbocycles. The van der Waals surface area contributed by atoms with Crippen molar-refractivity contribution in [3.8, 4) is 5.75 Å². The van der Waals surface area contributed by atoms with Gasteiger partial charge in [0.25, 0.3) is 0 Å². The van der Waals surface area contributed by atoms with Gasteiger partial charge in [-0.2, -0.15) is 0 Å². The predicted molar refractivity (Wildman–Crippen MR) is 104 cm³/mol. The minimum atomic E-state index is -0.514. The number of halogens is 2. The van der Waals surface area contributed by atoms with E-state index in [4.69, 9.17) is 32.7 Å². The summed E-state index contributed by atoms with van der Waals surface area (Å²) >= 11 is 12.7. The second kappa shape index (κ2) is 8.11. The molecule has 26 heavy (non-hydrogen) atoms. The number of nitrogens with zero attached hydrogens (tertiary/aromatic N) is 1. The van der Waals surface area contributed by atoms with Gasteiger partial charge >= 0.3 is 5.97 Å².